The standard InChI is InChI=1S/C11H18N4O2/c12-14-13-5-10(17)15-6-9-3-1-2-4-11(9,7-15)8-16/h9,16H,1-8H2. The molecule has 0 aromatic rings. The minimum absolute atomic E-state index is 0.0930. The van der Waals surface area contributed by atoms with Crippen molar-refractivity contribution in [2.45, 2.75) is 25.7 Å². The van der Waals surface area contributed by atoms with Gasteiger partial charge in [0.05, 0.1) is 6.61 Å². The summed E-state index contributed by atoms with van der Waals surface area (Å²) in [4.78, 5) is 16.1. The van der Waals surface area contributed by atoms with E-state index in [1.165, 1.54) is 6.42 Å². The number of carbonyl (C=O) groups is 1. The first-order chi connectivity index (χ1) is 8.22. The van der Waals surface area contributed by atoms with Crippen LogP contribution in [0, 0.1) is 11.3 Å². The molecule has 17 heavy (non-hydrogen) atoms. The zero-order valence-electron chi connectivity index (χ0n) is 9.88. The second-order valence-corrected chi connectivity index (χ2v) is 5.13. The van der Waals surface area contributed by atoms with Gasteiger partial charge in [0.15, 0.2) is 0 Å². The van der Waals surface area contributed by atoms with Gasteiger partial charge in [-0.25, -0.2) is 0 Å². The molecule has 1 N–H and O–H groups in total. The van der Waals surface area contributed by atoms with Crippen LogP contribution in [0.4, 0.5) is 0 Å². The molecule has 1 saturated heterocycles. The highest BCUT2D eigenvalue weighted by Crippen LogP contribution is 2.46. The molecule has 1 aliphatic carbocycles. The normalized spacial score (nSPS) is 31.8. The molecule has 6 nitrogen and oxygen atoms in total. The Bertz CT molecular complexity index is 353. The molecule has 1 aliphatic heterocycles. The monoisotopic (exact) mass is 238 g/mol. The molecule has 2 rings (SSSR count). The highest BCUT2D eigenvalue weighted by Gasteiger charge is 2.48. The summed E-state index contributed by atoms with van der Waals surface area (Å²) < 4.78 is 0. The zero-order valence-corrected chi connectivity index (χ0v) is 9.88. The minimum Gasteiger partial charge on any atom is -0.396 e. The van der Waals surface area contributed by atoms with Gasteiger partial charge in [-0.1, -0.05) is 18.0 Å². The Hall–Kier alpha value is -1.26. The van der Waals surface area contributed by atoms with Gasteiger partial charge in [0.2, 0.25) is 5.91 Å². The van der Waals surface area contributed by atoms with Gasteiger partial charge >= 0.3 is 0 Å². The third-order valence-corrected chi connectivity index (χ3v) is 4.23. The van der Waals surface area contributed by atoms with Crippen LogP contribution in [0.3, 0.4) is 0 Å². The largest absolute Gasteiger partial charge is 0.396 e. The van der Waals surface area contributed by atoms with Gasteiger partial charge in [-0.05, 0) is 24.3 Å². The average molecular weight is 238 g/mol. The number of carbonyl (C=O) groups excluding carboxylic acids is 1. The molecule has 6 heteroatoms. The lowest BCUT2D eigenvalue weighted by Gasteiger charge is -2.36. The molecule has 2 atom stereocenters. The fourth-order valence-electron chi connectivity index (χ4n) is 3.22. The Morgan fingerprint density at radius 2 is 2.41 bits per heavy atom. The molecular formula is C11H18N4O2. The zero-order chi connectivity index (χ0) is 12.3. The smallest absolute Gasteiger partial charge is 0.228 e. The van der Waals surface area contributed by atoms with E-state index in [1.54, 1.807) is 4.90 Å². The van der Waals surface area contributed by atoms with Crippen molar-refractivity contribution >= 4 is 5.91 Å². The number of likely N-dealkylation sites (tertiary alicyclic amines) is 1. The van der Waals surface area contributed by atoms with Crippen molar-refractivity contribution in [3.63, 3.8) is 0 Å². The summed E-state index contributed by atoms with van der Waals surface area (Å²) in [6.45, 7) is 1.38. The highest BCUT2D eigenvalue weighted by atomic mass is 16.3. The second-order valence-electron chi connectivity index (χ2n) is 5.13. The van der Waals surface area contributed by atoms with Crippen molar-refractivity contribution in [3.05, 3.63) is 10.4 Å². The first-order valence-electron chi connectivity index (χ1n) is 6.11. The average Bonchev–Trinajstić information content (AvgIpc) is 2.76. The van der Waals surface area contributed by atoms with Crippen LogP contribution in [0.2, 0.25) is 0 Å². The molecule has 0 bridgehead atoms. The Labute approximate surface area is 100 Å². The lowest BCUT2D eigenvalue weighted by molar-refractivity contribution is -0.129. The van der Waals surface area contributed by atoms with Crippen LogP contribution in [0.15, 0.2) is 5.11 Å². The van der Waals surface area contributed by atoms with Crippen LogP contribution in [0.5, 0.6) is 0 Å². The van der Waals surface area contributed by atoms with Gasteiger partial charge in [0.1, 0.15) is 6.54 Å². The minimum atomic E-state index is -0.120. The number of amides is 1. The third-order valence-electron chi connectivity index (χ3n) is 4.23. The van der Waals surface area contributed by atoms with Crippen molar-refractivity contribution in [1.29, 1.82) is 0 Å². The van der Waals surface area contributed by atoms with Gasteiger partial charge in [-0.2, -0.15) is 0 Å². The Morgan fingerprint density at radius 1 is 1.59 bits per heavy atom. The van der Waals surface area contributed by atoms with Crippen LogP contribution in [-0.4, -0.2) is 42.2 Å². The lowest BCUT2D eigenvalue weighted by Crippen LogP contribution is -2.38. The maximum atomic E-state index is 11.8. The van der Waals surface area contributed by atoms with Gasteiger partial charge < -0.3 is 10.0 Å². The summed E-state index contributed by atoms with van der Waals surface area (Å²) in [5, 5.41) is 12.9. The SMILES string of the molecule is [N-]=[N+]=NCC(=O)N1CC2CCCCC2(CO)C1. The number of aliphatic hydroxyl groups excluding tert-OH is 1. The molecule has 0 aromatic carbocycles. The number of hydrogen-bond donors (Lipinski definition) is 1. The van der Waals surface area contributed by atoms with Crippen molar-refractivity contribution in [3.8, 4) is 0 Å². The third kappa shape index (κ3) is 2.23. The molecule has 94 valence electrons. The topological polar surface area (TPSA) is 89.3 Å². The summed E-state index contributed by atoms with van der Waals surface area (Å²) in [6.07, 6.45) is 4.41. The molecule has 1 saturated carbocycles. The first kappa shape index (κ1) is 12.2. The van der Waals surface area contributed by atoms with Gasteiger partial charge in [-0.15, -0.1) is 0 Å². The van der Waals surface area contributed by atoms with E-state index < -0.39 is 0 Å². The van der Waals surface area contributed by atoms with Crippen molar-refractivity contribution in [2.24, 2.45) is 16.4 Å². The molecule has 2 fully saturated rings. The Kier molecular flexibility index (Phi) is 3.54. The summed E-state index contributed by atoms with van der Waals surface area (Å²) in [7, 11) is 0. The van der Waals surface area contributed by atoms with Crippen LogP contribution >= 0.6 is 0 Å². The summed E-state index contributed by atoms with van der Waals surface area (Å²) in [6, 6.07) is 0. The van der Waals surface area contributed by atoms with Crippen LogP contribution in [-0.2, 0) is 4.79 Å². The number of fused-ring (bicyclic) bond motifs is 1. The van der Waals surface area contributed by atoms with Gasteiger partial charge in [-0.3, -0.25) is 4.79 Å². The number of hydrogen-bond acceptors (Lipinski definition) is 3. The molecule has 1 amide bonds. The number of aliphatic hydroxyl groups is 1. The summed E-state index contributed by atoms with van der Waals surface area (Å²) in [5.41, 5.74) is 8.12. The predicted octanol–water partition coefficient (Wildman–Crippen LogP) is 1.31. The van der Waals surface area contributed by atoms with Crippen molar-refractivity contribution in [1.82, 2.24) is 4.90 Å². The molecule has 2 aliphatic rings. The van der Waals surface area contributed by atoms with Crippen molar-refractivity contribution in [2.75, 3.05) is 26.2 Å². The molecule has 0 aromatic heterocycles. The fourth-order valence-corrected chi connectivity index (χ4v) is 3.22. The molecule has 0 spiro atoms. The van der Waals surface area contributed by atoms with Gasteiger partial charge in [0.25, 0.3) is 0 Å². The van der Waals surface area contributed by atoms with E-state index in [0.29, 0.717) is 19.0 Å². The molecular weight excluding hydrogens is 220 g/mol. The fraction of sp³-hybridized carbons (Fsp3) is 0.909. The Balaban J connectivity index is 2.05. The van der Waals surface area contributed by atoms with E-state index in [0.717, 1.165) is 19.3 Å². The quantitative estimate of drug-likeness (QED) is 0.456. The van der Waals surface area contributed by atoms with E-state index in [4.69, 9.17) is 5.53 Å². The predicted molar refractivity (Wildman–Crippen MR) is 62.1 cm³/mol. The van der Waals surface area contributed by atoms with E-state index in [9.17, 15) is 9.90 Å². The van der Waals surface area contributed by atoms with E-state index in [2.05, 4.69) is 10.0 Å². The number of rotatable bonds is 3. The molecule has 1 heterocycles. The maximum absolute atomic E-state index is 11.8. The maximum Gasteiger partial charge on any atom is 0.228 e. The Morgan fingerprint density at radius 3 is 3.06 bits per heavy atom. The van der Waals surface area contributed by atoms with E-state index in [1.807, 2.05) is 0 Å². The second kappa shape index (κ2) is 4.94. The summed E-state index contributed by atoms with van der Waals surface area (Å²) in [5.74, 6) is 0.293. The van der Waals surface area contributed by atoms with E-state index in [-0.39, 0.29) is 24.5 Å². The number of nitrogens with zero attached hydrogens (tertiary/aromatic N) is 4. The van der Waals surface area contributed by atoms with E-state index >= 15 is 0 Å². The van der Waals surface area contributed by atoms with Crippen LogP contribution in [0.25, 0.3) is 10.4 Å². The molecule has 0 radical (unpaired) electrons. The lowest BCUT2D eigenvalue weighted by atomic mass is 9.69. The summed E-state index contributed by atoms with van der Waals surface area (Å²) >= 11 is 0. The van der Waals surface area contributed by atoms with Gasteiger partial charge in [0, 0.05) is 23.4 Å². The highest BCUT2D eigenvalue weighted by molar-refractivity contribution is 5.78. The van der Waals surface area contributed by atoms with Crippen LogP contribution in [0.1, 0.15) is 25.7 Å². The first-order valence-corrected chi connectivity index (χ1v) is 6.11. The van der Waals surface area contributed by atoms with Crippen LogP contribution < -0.4 is 0 Å². The van der Waals surface area contributed by atoms with Crippen molar-refractivity contribution < 1.29 is 9.90 Å². The number of azide groups is 1. The molecule has 2 unspecified atom stereocenters.